The number of anilines is 1. The number of nitrogens with two attached hydrogens (primary N) is 1. The summed E-state index contributed by atoms with van der Waals surface area (Å²) in [4.78, 5) is 17.5. The van der Waals surface area contributed by atoms with Gasteiger partial charge >= 0.3 is 5.97 Å². The van der Waals surface area contributed by atoms with Crippen LogP contribution in [0.15, 0.2) is 11.6 Å². The first kappa shape index (κ1) is 37.7. The van der Waals surface area contributed by atoms with Gasteiger partial charge in [0.15, 0.2) is 0 Å². The van der Waals surface area contributed by atoms with Crippen molar-refractivity contribution in [3.63, 3.8) is 0 Å². The van der Waals surface area contributed by atoms with Crippen LogP contribution in [0.5, 0.6) is 0 Å². The van der Waals surface area contributed by atoms with Crippen molar-refractivity contribution < 1.29 is 19.4 Å². The van der Waals surface area contributed by atoms with Crippen LogP contribution < -0.4 is 5.73 Å². The summed E-state index contributed by atoms with van der Waals surface area (Å²) in [6.07, 6.45) is 7.93. The number of aromatic nitrogens is 4. The lowest BCUT2D eigenvalue weighted by molar-refractivity contribution is -0.257. The summed E-state index contributed by atoms with van der Waals surface area (Å²) >= 11 is 0. The maximum atomic E-state index is 13.5. The number of hydrogen-bond acceptors (Lipinski definition) is 8. The summed E-state index contributed by atoms with van der Waals surface area (Å²) in [6.45, 7) is 27.2. The molecule has 1 aliphatic heterocycles. The highest BCUT2D eigenvalue weighted by molar-refractivity contribution is 5.73. The molecule has 4 aliphatic carbocycles. The number of carbonyl (C=O) groups is 1. The molecule has 1 aromatic rings. The number of fused-ring (bicyclic) bond motifs is 3. The van der Waals surface area contributed by atoms with Gasteiger partial charge in [-0.1, -0.05) is 86.0 Å². The van der Waals surface area contributed by atoms with Crippen LogP contribution in [0.2, 0.25) is 0 Å². The first-order valence-corrected chi connectivity index (χ1v) is 19.4. The van der Waals surface area contributed by atoms with E-state index in [1.807, 2.05) is 0 Å². The molecule has 50 heavy (non-hydrogen) atoms. The third-order valence-corrected chi connectivity index (χ3v) is 17.0. The lowest BCUT2D eigenvalue weighted by atomic mass is 9.34. The van der Waals surface area contributed by atoms with Gasteiger partial charge in [0, 0.05) is 16.4 Å². The van der Waals surface area contributed by atoms with E-state index in [9.17, 15) is 9.90 Å². The molecule has 0 aromatic carbocycles. The Morgan fingerprint density at radius 2 is 1.78 bits per heavy atom. The number of hydrogen-bond donors (Lipinski definition) is 2. The zero-order chi connectivity index (χ0) is 37.0. The summed E-state index contributed by atoms with van der Waals surface area (Å²) in [6, 6.07) is -0.176. The van der Waals surface area contributed by atoms with Crippen molar-refractivity contribution in [3.05, 3.63) is 11.6 Å². The number of rotatable bonds is 8. The monoisotopic (exact) mass is 697 g/mol. The molecule has 2 heterocycles. The Morgan fingerprint density at radius 1 is 1.10 bits per heavy atom. The van der Waals surface area contributed by atoms with E-state index in [0.29, 0.717) is 37.6 Å². The Labute approximate surface area is 301 Å². The number of carboxylic acid groups (broad SMARTS) is 1. The van der Waals surface area contributed by atoms with Gasteiger partial charge in [0.2, 0.25) is 0 Å². The summed E-state index contributed by atoms with van der Waals surface area (Å²) in [7, 11) is 4.28. The molecule has 5 aliphatic rings. The second kappa shape index (κ2) is 12.0. The first-order valence-electron chi connectivity index (χ1n) is 19.4. The molecule has 0 amide bonds. The second-order valence-corrected chi connectivity index (χ2v) is 20.2. The largest absolute Gasteiger partial charge is 0.481 e. The maximum Gasteiger partial charge on any atom is 0.307 e. The molecule has 12 atom stereocenters. The number of aliphatic carboxylic acids is 1. The van der Waals surface area contributed by atoms with Crippen LogP contribution >= 0.6 is 0 Å². The Morgan fingerprint density at radius 3 is 2.34 bits per heavy atom. The van der Waals surface area contributed by atoms with Crippen molar-refractivity contribution in [2.75, 3.05) is 39.6 Å². The van der Waals surface area contributed by atoms with Gasteiger partial charge in [0.1, 0.15) is 6.04 Å². The highest BCUT2D eigenvalue weighted by atomic mass is 16.5. The Kier molecular flexibility index (Phi) is 9.04. The van der Waals surface area contributed by atoms with E-state index in [4.69, 9.17) is 15.2 Å². The number of ether oxygens (including phenoxy) is 2. The van der Waals surface area contributed by atoms with Gasteiger partial charge in [-0.25, -0.2) is 0 Å². The number of nitrogens with zero attached hydrogens (tertiary/aromatic N) is 5. The number of likely N-dealkylation sites (N-methyl/N-ethyl adjacent to an activating group) is 1. The van der Waals surface area contributed by atoms with E-state index in [2.05, 4.69) is 117 Å². The summed E-state index contributed by atoms with van der Waals surface area (Å²) in [5, 5.41) is 24.4. The molecule has 282 valence electrons. The van der Waals surface area contributed by atoms with Gasteiger partial charge in [-0.05, 0) is 110 Å². The second-order valence-electron chi connectivity index (χ2n) is 20.2. The van der Waals surface area contributed by atoms with Crippen LogP contribution in [0.1, 0.15) is 121 Å². The highest BCUT2D eigenvalue weighted by Gasteiger charge is 2.72. The van der Waals surface area contributed by atoms with Gasteiger partial charge < -0.3 is 25.2 Å². The average Bonchev–Trinajstić information content (AvgIpc) is 3.45. The van der Waals surface area contributed by atoms with Crippen molar-refractivity contribution in [2.45, 2.75) is 132 Å². The van der Waals surface area contributed by atoms with E-state index in [1.54, 1.807) is 4.80 Å². The zero-order valence-corrected chi connectivity index (χ0v) is 33.5. The lowest BCUT2D eigenvalue weighted by Gasteiger charge is -2.71. The van der Waals surface area contributed by atoms with E-state index in [0.717, 1.165) is 38.5 Å². The third kappa shape index (κ3) is 5.03. The van der Waals surface area contributed by atoms with Crippen molar-refractivity contribution in [1.29, 1.82) is 0 Å². The molecule has 10 heteroatoms. The Hall–Kier alpha value is -2.04. The molecule has 0 spiro atoms. The minimum absolute atomic E-state index is 0.0335. The SMILES string of the molecule is CC(C)[C@@H](C)[C@@]1(C)CC[C@]2(C)[C@H]3CC[C@@H]4[C@@]5(COC[C@]4(C)[C@@H](OC[C@@](C)(N(C)C)C(C)(C)C)[C@H](n4nnc(N)n4)C5)C3=CC[C@@]2(C)[C@@H]1C(=O)O. The van der Waals surface area contributed by atoms with Crippen molar-refractivity contribution in [1.82, 2.24) is 25.1 Å². The summed E-state index contributed by atoms with van der Waals surface area (Å²) in [5.41, 5.74) is 6.05. The van der Waals surface area contributed by atoms with Gasteiger partial charge in [0.05, 0.1) is 31.8 Å². The van der Waals surface area contributed by atoms with E-state index in [-0.39, 0.29) is 62.0 Å². The first-order chi connectivity index (χ1) is 23.0. The predicted molar refractivity (Wildman–Crippen MR) is 196 cm³/mol. The normalized spacial score (nSPS) is 43.3. The zero-order valence-electron chi connectivity index (χ0n) is 33.5. The van der Waals surface area contributed by atoms with Gasteiger partial charge in [-0.15, -0.1) is 5.10 Å². The Balaban J connectivity index is 1.44. The highest BCUT2D eigenvalue weighted by Crippen LogP contribution is 2.75. The molecule has 0 unspecified atom stereocenters. The fourth-order valence-electron chi connectivity index (χ4n) is 12.8. The van der Waals surface area contributed by atoms with Crippen molar-refractivity contribution >= 4 is 11.9 Å². The summed E-state index contributed by atoms with van der Waals surface area (Å²) in [5.74, 6) is 0.496. The fourth-order valence-corrected chi connectivity index (χ4v) is 12.8. The maximum absolute atomic E-state index is 13.5. The van der Waals surface area contributed by atoms with Crippen LogP contribution in [0.25, 0.3) is 0 Å². The molecule has 3 N–H and O–H groups in total. The average molecular weight is 697 g/mol. The van der Waals surface area contributed by atoms with Crippen molar-refractivity contribution in [2.24, 2.45) is 62.1 Å². The predicted octanol–water partition coefficient (Wildman–Crippen LogP) is 7.14. The fraction of sp³-hybridized carbons (Fsp3) is 0.900. The molecule has 1 aromatic heterocycles. The topological polar surface area (TPSA) is 129 Å². The van der Waals surface area contributed by atoms with Crippen LogP contribution in [0, 0.1) is 62.1 Å². The van der Waals surface area contributed by atoms with Crippen LogP contribution in [0.4, 0.5) is 5.95 Å². The van der Waals surface area contributed by atoms with E-state index >= 15 is 0 Å². The molecular weight excluding hydrogens is 628 g/mol. The quantitative estimate of drug-likeness (QED) is 0.273. The number of nitrogen functional groups attached to an aromatic ring is 1. The van der Waals surface area contributed by atoms with Gasteiger partial charge in [-0.2, -0.15) is 4.80 Å². The van der Waals surface area contributed by atoms with E-state index < -0.39 is 11.9 Å². The molecule has 0 radical (unpaired) electrons. The summed E-state index contributed by atoms with van der Waals surface area (Å²) < 4.78 is 14.0. The number of carboxylic acids is 1. The lowest BCUT2D eigenvalue weighted by Crippen LogP contribution is -2.69. The molecule has 6 rings (SSSR count). The van der Waals surface area contributed by atoms with Crippen LogP contribution in [-0.2, 0) is 14.3 Å². The molecule has 4 fully saturated rings. The molecule has 3 saturated carbocycles. The number of tetrazole rings is 1. The third-order valence-electron chi connectivity index (χ3n) is 17.0. The smallest absolute Gasteiger partial charge is 0.307 e. The van der Waals surface area contributed by atoms with Crippen LogP contribution in [-0.4, -0.2) is 81.7 Å². The van der Waals surface area contributed by atoms with E-state index in [1.165, 1.54) is 5.57 Å². The van der Waals surface area contributed by atoms with Gasteiger partial charge in [0.25, 0.3) is 5.95 Å². The minimum Gasteiger partial charge on any atom is -0.481 e. The van der Waals surface area contributed by atoms with Gasteiger partial charge in [-0.3, -0.25) is 4.79 Å². The van der Waals surface area contributed by atoms with Crippen LogP contribution in [0.3, 0.4) is 0 Å². The molecule has 1 saturated heterocycles. The number of allylic oxidation sites excluding steroid dienone is 1. The molecular formula is C40H68N6O4. The minimum atomic E-state index is -0.627. The molecule has 2 bridgehead atoms. The molecule has 10 nitrogen and oxygen atoms in total. The Bertz CT molecular complexity index is 1500. The standard InChI is InChI=1S/C40H68N6O4/c1-24(2)25(3)35(7)18-19-37(9)26-14-15-29-36(8)21-49-23-40(29,27(26)16-17-38(37,10)30(35)32(47)48)20-28(46-43-33(41)42-44-46)31(36)50-22-39(11,45(12)13)34(4,5)6/h16,24-26,28-31H,14-15,17-23H2,1-13H3,(H2,41,43)(H,47,48)/t25-,26+,28-,29+,30-,31+,35-,36+,37-,38+,39-,40+/m1/s1. The van der Waals surface area contributed by atoms with Crippen molar-refractivity contribution in [3.8, 4) is 0 Å².